The van der Waals surface area contributed by atoms with Gasteiger partial charge in [-0.05, 0) is 31.6 Å². The van der Waals surface area contributed by atoms with E-state index in [0.717, 1.165) is 12.8 Å². The Morgan fingerprint density at radius 1 is 1.56 bits per heavy atom. The molecule has 0 amide bonds. The standard InChI is InChI=1S/C12H19N3O/c1-8-13-10(6-11(16)14-8)15-9-4-5-12(2,3)7-9/h6,9H,4-5,7H2,1-3H3,(H2,13,14,15,16). The van der Waals surface area contributed by atoms with Crippen LogP contribution < -0.4 is 10.9 Å². The van der Waals surface area contributed by atoms with Crippen molar-refractivity contribution < 1.29 is 0 Å². The van der Waals surface area contributed by atoms with Gasteiger partial charge in [-0.25, -0.2) is 4.98 Å². The Labute approximate surface area is 95.5 Å². The molecule has 0 radical (unpaired) electrons. The summed E-state index contributed by atoms with van der Waals surface area (Å²) in [7, 11) is 0. The molecule has 2 rings (SSSR count). The number of hydrogen-bond acceptors (Lipinski definition) is 3. The Morgan fingerprint density at radius 2 is 2.31 bits per heavy atom. The first-order valence-corrected chi connectivity index (χ1v) is 5.79. The number of anilines is 1. The number of rotatable bonds is 2. The fourth-order valence-electron chi connectivity index (χ4n) is 2.42. The summed E-state index contributed by atoms with van der Waals surface area (Å²) in [6, 6.07) is 1.97. The molecule has 1 aromatic rings. The highest BCUT2D eigenvalue weighted by Crippen LogP contribution is 2.37. The average molecular weight is 221 g/mol. The number of aromatic nitrogens is 2. The van der Waals surface area contributed by atoms with Crippen LogP contribution in [0.25, 0.3) is 0 Å². The predicted molar refractivity (Wildman–Crippen MR) is 64.6 cm³/mol. The van der Waals surface area contributed by atoms with Crippen LogP contribution in [0.3, 0.4) is 0 Å². The third kappa shape index (κ3) is 2.62. The zero-order valence-electron chi connectivity index (χ0n) is 10.1. The second-order valence-corrected chi connectivity index (χ2v) is 5.46. The number of H-pyrrole nitrogens is 1. The molecule has 1 aliphatic rings. The van der Waals surface area contributed by atoms with Crippen molar-refractivity contribution in [3.8, 4) is 0 Å². The van der Waals surface area contributed by atoms with Gasteiger partial charge in [-0.15, -0.1) is 0 Å². The van der Waals surface area contributed by atoms with E-state index in [1.165, 1.54) is 12.5 Å². The predicted octanol–water partition coefficient (Wildman–Crippen LogP) is 2.07. The number of aromatic amines is 1. The first-order valence-electron chi connectivity index (χ1n) is 5.79. The minimum atomic E-state index is -0.0905. The van der Waals surface area contributed by atoms with Crippen LogP contribution in [0, 0.1) is 12.3 Å². The summed E-state index contributed by atoms with van der Waals surface area (Å²) in [6.45, 7) is 6.36. The quantitative estimate of drug-likeness (QED) is 0.803. The molecule has 1 aliphatic carbocycles. The van der Waals surface area contributed by atoms with Crippen LogP contribution in [0.5, 0.6) is 0 Å². The summed E-state index contributed by atoms with van der Waals surface area (Å²) in [5.41, 5.74) is 0.320. The zero-order valence-corrected chi connectivity index (χ0v) is 10.1. The second kappa shape index (κ2) is 3.92. The molecule has 1 atom stereocenters. The van der Waals surface area contributed by atoms with Crippen LogP contribution >= 0.6 is 0 Å². The van der Waals surface area contributed by atoms with E-state index in [0.29, 0.717) is 23.1 Å². The molecule has 0 saturated heterocycles. The van der Waals surface area contributed by atoms with Gasteiger partial charge in [0.05, 0.1) is 0 Å². The van der Waals surface area contributed by atoms with Crippen molar-refractivity contribution in [2.75, 3.05) is 5.32 Å². The van der Waals surface area contributed by atoms with Crippen molar-refractivity contribution in [3.63, 3.8) is 0 Å². The highest BCUT2D eigenvalue weighted by molar-refractivity contribution is 5.34. The summed E-state index contributed by atoms with van der Waals surface area (Å²) in [6.07, 6.45) is 3.52. The lowest BCUT2D eigenvalue weighted by atomic mass is 9.92. The maximum atomic E-state index is 11.3. The van der Waals surface area contributed by atoms with Crippen LogP contribution in [-0.4, -0.2) is 16.0 Å². The minimum Gasteiger partial charge on any atom is -0.367 e. The largest absolute Gasteiger partial charge is 0.367 e. The molecule has 4 heteroatoms. The van der Waals surface area contributed by atoms with Gasteiger partial charge < -0.3 is 10.3 Å². The Kier molecular flexibility index (Phi) is 2.74. The Hall–Kier alpha value is -1.32. The van der Waals surface area contributed by atoms with Gasteiger partial charge in [0.1, 0.15) is 11.6 Å². The molecule has 1 fully saturated rings. The molecule has 0 bridgehead atoms. The van der Waals surface area contributed by atoms with E-state index in [4.69, 9.17) is 0 Å². The van der Waals surface area contributed by atoms with Crippen molar-refractivity contribution in [2.24, 2.45) is 5.41 Å². The van der Waals surface area contributed by atoms with Gasteiger partial charge in [0.15, 0.2) is 0 Å². The summed E-state index contributed by atoms with van der Waals surface area (Å²) < 4.78 is 0. The lowest BCUT2D eigenvalue weighted by Gasteiger charge is -2.18. The molecule has 88 valence electrons. The maximum Gasteiger partial charge on any atom is 0.252 e. The molecule has 0 aromatic carbocycles. The molecule has 1 heterocycles. The summed E-state index contributed by atoms with van der Waals surface area (Å²) >= 11 is 0. The summed E-state index contributed by atoms with van der Waals surface area (Å²) in [5, 5.41) is 3.35. The average Bonchev–Trinajstić information content (AvgIpc) is 2.43. The first kappa shape index (κ1) is 11.2. The highest BCUT2D eigenvalue weighted by atomic mass is 16.1. The van der Waals surface area contributed by atoms with Crippen molar-refractivity contribution in [1.29, 1.82) is 0 Å². The molecule has 1 unspecified atom stereocenters. The SMILES string of the molecule is Cc1nc(NC2CCC(C)(C)C2)cc(=O)[nH]1. The van der Waals surface area contributed by atoms with E-state index in [2.05, 4.69) is 29.1 Å². The van der Waals surface area contributed by atoms with Crippen LogP contribution in [0.4, 0.5) is 5.82 Å². The van der Waals surface area contributed by atoms with Gasteiger partial charge >= 0.3 is 0 Å². The van der Waals surface area contributed by atoms with Gasteiger partial charge in [-0.1, -0.05) is 13.8 Å². The number of aryl methyl sites for hydroxylation is 1. The lowest BCUT2D eigenvalue weighted by molar-refractivity contribution is 0.378. The number of nitrogens with one attached hydrogen (secondary N) is 2. The van der Waals surface area contributed by atoms with Crippen LogP contribution in [-0.2, 0) is 0 Å². The van der Waals surface area contributed by atoms with E-state index in [1.54, 1.807) is 6.92 Å². The third-order valence-electron chi connectivity index (χ3n) is 3.18. The molecule has 0 aliphatic heterocycles. The zero-order chi connectivity index (χ0) is 11.8. The van der Waals surface area contributed by atoms with Gasteiger partial charge in [-0.3, -0.25) is 4.79 Å². The monoisotopic (exact) mass is 221 g/mol. The normalized spacial score (nSPS) is 23.3. The third-order valence-corrected chi connectivity index (χ3v) is 3.18. The van der Waals surface area contributed by atoms with Crippen molar-refractivity contribution >= 4 is 5.82 Å². The molecule has 2 N–H and O–H groups in total. The van der Waals surface area contributed by atoms with E-state index in [1.807, 2.05) is 0 Å². The van der Waals surface area contributed by atoms with Gasteiger partial charge in [0.25, 0.3) is 5.56 Å². The Morgan fingerprint density at radius 3 is 2.88 bits per heavy atom. The molecule has 1 saturated carbocycles. The minimum absolute atomic E-state index is 0.0905. The first-order chi connectivity index (χ1) is 7.44. The fraction of sp³-hybridized carbons (Fsp3) is 0.667. The molecule has 4 nitrogen and oxygen atoms in total. The van der Waals surface area contributed by atoms with Crippen LogP contribution in [0.2, 0.25) is 0 Å². The molecule has 16 heavy (non-hydrogen) atoms. The maximum absolute atomic E-state index is 11.3. The van der Waals surface area contributed by atoms with E-state index in [9.17, 15) is 4.79 Å². The van der Waals surface area contributed by atoms with Gasteiger partial charge in [-0.2, -0.15) is 0 Å². The second-order valence-electron chi connectivity index (χ2n) is 5.46. The molecule has 0 spiro atoms. The van der Waals surface area contributed by atoms with Crippen LogP contribution in [0.1, 0.15) is 38.9 Å². The summed E-state index contributed by atoms with van der Waals surface area (Å²) in [4.78, 5) is 18.2. The number of nitrogens with zero attached hydrogens (tertiary/aromatic N) is 1. The van der Waals surface area contributed by atoms with Gasteiger partial charge in [0, 0.05) is 12.1 Å². The van der Waals surface area contributed by atoms with E-state index >= 15 is 0 Å². The topological polar surface area (TPSA) is 57.8 Å². The van der Waals surface area contributed by atoms with Crippen molar-refractivity contribution in [3.05, 3.63) is 22.2 Å². The van der Waals surface area contributed by atoms with Gasteiger partial charge in [0.2, 0.25) is 0 Å². The van der Waals surface area contributed by atoms with E-state index in [-0.39, 0.29) is 5.56 Å². The number of hydrogen-bond donors (Lipinski definition) is 2. The smallest absolute Gasteiger partial charge is 0.252 e. The van der Waals surface area contributed by atoms with E-state index < -0.39 is 0 Å². The van der Waals surface area contributed by atoms with Crippen molar-refractivity contribution in [1.82, 2.24) is 9.97 Å². The summed E-state index contributed by atoms with van der Waals surface area (Å²) in [5.74, 6) is 1.36. The molecular weight excluding hydrogens is 202 g/mol. The molecule has 1 aromatic heterocycles. The highest BCUT2D eigenvalue weighted by Gasteiger charge is 2.30. The Bertz CT molecular complexity index is 436. The van der Waals surface area contributed by atoms with Crippen molar-refractivity contribution in [2.45, 2.75) is 46.1 Å². The Balaban J connectivity index is 2.07. The lowest BCUT2D eigenvalue weighted by Crippen LogP contribution is -2.20. The fourth-order valence-corrected chi connectivity index (χ4v) is 2.42. The van der Waals surface area contributed by atoms with Crippen LogP contribution in [0.15, 0.2) is 10.9 Å². The molecular formula is C12H19N3O.